The third-order valence-electron chi connectivity index (χ3n) is 1.59. The van der Waals surface area contributed by atoms with Crippen LogP contribution in [0.2, 0.25) is 0 Å². The minimum atomic E-state index is -0.207. The van der Waals surface area contributed by atoms with Crippen molar-refractivity contribution in [2.75, 3.05) is 13.7 Å². The summed E-state index contributed by atoms with van der Waals surface area (Å²) in [4.78, 5) is 0. The number of hydrogen-bond acceptors (Lipinski definition) is 1. The van der Waals surface area contributed by atoms with Crippen LogP contribution in [0.1, 0.15) is 19.4 Å². The maximum Gasteiger partial charge on any atom is 0.123 e. The Balaban J connectivity index is 0.000000423. The summed E-state index contributed by atoms with van der Waals surface area (Å²) in [5.74, 6) is -0.207. The molecular formula is C12H16BrFO. The van der Waals surface area contributed by atoms with E-state index in [2.05, 4.69) is 20.7 Å². The zero-order valence-electron chi connectivity index (χ0n) is 9.26. The van der Waals surface area contributed by atoms with E-state index in [9.17, 15) is 4.39 Å². The second-order valence-electron chi connectivity index (χ2n) is 2.74. The number of hydrogen-bond donors (Lipinski definition) is 0. The molecule has 1 aromatic carbocycles. The standard InChI is InChI=1S/C9H8BrF.C3H8O/c1-2-3-7-6-8(11)4-5-9(7)10;1-3-4-2/h2-6H,1H3;3H2,1-2H3/b3-2+;. The predicted octanol–water partition coefficient (Wildman–Crippen LogP) is 4.27. The number of ether oxygens (including phenoxy) is 1. The van der Waals surface area contributed by atoms with Crippen LogP contribution in [0, 0.1) is 5.82 Å². The average molecular weight is 275 g/mol. The fourth-order valence-electron chi connectivity index (χ4n) is 0.822. The Hall–Kier alpha value is -0.670. The molecule has 3 heteroatoms. The lowest BCUT2D eigenvalue weighted by Crippen LogP contribution is -1.78. The van der Waals surface area contributed by atoms with Gasteiger partial charge in [-0.2, -0.15) is 0 Å². The van der Waals surface area contributed by atoms with Gasteiger partial charge in [0.1, 0.15) is 5.82 Å². The van der Waals surface area contributed by atoms with Crippen LogP contribution in [0.15, 0.2) is 28.7 Å². The van der Waals surface area contributed by atoms with Crippen LogP contribution in [0.4, 0.5) is 4.39 Å². The van der Waals surface area contributed by atoms with Gasteiger partial charge in [-0.15, -0.1) is 0 Å². The van der Waals surface area contributed by atoms with Crippen LogP contribution in [-0.2, 0) is 4.74 Å². The zero-order valence-corrected chi connectivity index (χ0v) is 10.8. The fourth-order valence-corrected chi connectivity index (χ4v) is 1.20. The first-order chi connectivity index (χ1) is 7.15. The van der Waals surface area contributed by atoms with E-state index in [4.69, 9.17) is 0 Å². The van der Waals surface area contributed by atoms with Gasteiger partial charge in [-0.3, -0.25) is 0 Å². The molecule has 0 aliphatic rings. The maximum atomic E-state index is 12.6. The van der Waals surface area contributed by atoms with Gasteiger partial charge in [-0.1, -0.05) is 28.1 Å². The Kier molecular flexibility index (Phi) is 8.24. The van der Waals surface area contributed by atoms with Crippen molar-refractivity contribution < 1.29 is 9.13 Å². The van der Waals surface area contributed by atoms with E-state index >= 15 is 0 Å². The molecule has 0 amide bonds. The van der Waals surface area contributed by atoms with Crippen molar-refractivity contribution in [3.8, 4) is 0 Å². The molecule has 1 nitrogen and oxygen atoms in total. The molecule has 0 N–H and O–H groups in total. The molecule has 0 bridgehead atoms. The van der Waals surface area contributed by atoms with Crippen LogP contribution in [0.3, 0.4) is 0 Å². The third kappa shape index (κ3) is 6.42. The first kappa shape index (κ1) is 14.3. The maximum absolute atomic E-state index is 12.6. The monoisotopic (exact) mass is 274 g/mol. The second-order valence-corrected chi connectivity index (χ2v) is 3.60. The topological polar surface area (TPSA) is 9.23 Å². The van der Waals surface area contributed by atoms with Crippen LogP contribution in [0.25, 0.3) is 6.08 Å². The van der Waals surface area contributed by atoms with Crippen LogP contribution < -0.4 is 0 Å². The summed E-state index contributed by atoms with van der Waals surface area (Å²) in [6, 6.07) is 4.62. The van der Waals surface area contributed by atoms with Gasteiger partial charge in [0.25, 0.3) is 0 Å². The van der Waals surface area contributed by atoms with Crippen LogP contribution in [-0.4, -0.2) is 13.7 Å². The predicted molar refractivity (Wildman–Crippen MR) is 66.4 cm³/mol. The molecule has 0 aromatic heterocycles. The van der Waals surface area contributed by atoms with Crippen molar-refractivity contribution >= 4 is 22.0 Å². The van der Waals surface area contributed by atoms with Gasteiger partial charge < -0.3 is 4.74 Å². The van der Waals surface area contributed by atoms with Crippen molar-refractivity contribution in [3.05, 3.63) is 40.1 Å². The summed E-state index contributed by atoms with van der Waals surface area (Å²) >= 11 is 3.31. The molecular weight excluding hydrogens is 259 g/mol. The molecule has 1 aromatic rings. The van der Waals surface area contributed by atoms with E-state index < -0.39 is 0 Å². The smallest absolute Gasteiger partial charge is 0.123 e. The van der Waals surface area contributed by atoms with Gasteiger partial charge in [0.15, 0.2) is 0 Å². The van der Waals surface area contributed by atoms with Crippen molar-refractivity contribution in [1.82, 2.24) is 0 Å². The van der Waals surface area contributed by atoms with E-state index in [1.165, 1.54) is 12.1 Å². The number of rotatable bonds is 2. The lowest BCUT2D eigenvalue weighted by molar-refractivity contribution is 0.215. The zero-order chi connectivity index (χ0) is 11.7. The Labute approximate surface area is 99.1 Å². The van der Waals surface area contributed by atoms with Gasteiger partial charge in [0, 0.05) is 18.2 Å². The minimum absolute atomic E-state index is 0.207. The lowest BCUT2D eigenvalue weighted by atomic mass is 10.2. The SMILES string of the molecule is C/C=C/c1cc(F)ccc1Br.CCOC. The number of methoxy groups -OCH3 is 1. The highest BCUT2D eigenvalue weighted by Crippen LogP contribution is 2.18. The number of allylic oxidation sites excluding steroid dienone is 1. The summed E-state index contributed by atoms with van der Waals surface area (Å²) in [7, 11) is 1.68. The summed E-state index contributed by atoms with van der Waals surface area (Å²) < 4.78 is 18.1. The molecule has 0 fully saturated rings. The van der Waals surface area contributed by atoms with Crippen LogP contribution >= 0.6 is 15.9 Å². The molecule has 0 spiro atoms. The molecule has 0 atom stereocenters. The molecule has 0 heterocycles. The van der Waals surface area contributed by atoms with Crippen molar-refractivity contribution in [1.29, 1.82) is 0 Å². The van der Waals surface area contributed by atoms with E-state index in [-0.39, 0.29) is 5.82 Å². The summed E-state index contributed by atoms with van der Waals surface area (Å²) in [5.41, 5.74) is 0.868. The summed E-state index contributed by atoms with van der Waals surface area (Å²) in [6.07, 6.45) is 3.73. The molecule has 0 saturated heterocycles. The highest BCUT2D eigenvalue weighted by atomic mass is 79.9. The van der Waals surface area contributed by atoms with Gasteiger partial charge >= 0.3 is 0 Å². The molecule has 0 radical (unpaired) electrons. The quantitative estimate of drug-likeness (QED) is 0.783. The lowest BCUT2D eigenvalue weighted by Gasteiger charge is -1.96. The van der Waals surface area contributed by atoms with Gasteiger partial charge in [0.05, 0.1) is 0 Å². The highest BCUT2D eigenvalue weighted by Gasteiger charge is 1.96. The summed E-state index contributed by atoms with van der Waals surface area (Å²) in [5, 5.41) is 0. The normalized spacial score (nSPS) is 9.93. The third-order valence-corrected chi connectivity index (χ3v) is 2.32. The van der Waals surface area contributed by atoms with Gasteiger partial charge in [0.2, 0.25) is 0 Å². The Morgan fingerprint density at radius 1 is 1.47 bits per heavy atom. The fraction of sp³-hybridized carbons (Fsp3) is 0.333. The molecule has 0 aliphatic carbocycles. The van der Waals surface area contributed by atoms with Crippen molar-refractivity contribution in [3.63, 3.8) is 0 Å². The van der Waals surface area contributed by atoms with E-state index in [1.807, 2.05) is 26.0 Å². The average Bonchev–Trinajstić information content (AvgIpc) is 2.24. The Bertz CT molecular complexity index is 308. The van der Waals surface area contributed by atoms with Gasteiger partial charge in [-0.05, 0) is 37.6 Å². The van der Waals surface area contributed by atoms with E-state index in [1.54, 1.807) is 13.2 Å². The Morgan fingerprint density at radius 2 is 2.07 bits per heavy atom. The molecule has 15 heavy (non-hydrogen) atoms. The van der Waals surface area contributed by atoms with E-state index in [0.29, 0.717) is 0 Å². The molecule has 0 saturated carbocycles. The molecule has 0 aliphatic heterocycles. The van der Waals surface area contributed by atoms with Crippen molar-refractivity contribution in [2.24, 2.45) is 0 Å². The number of benzene rings is 1. The second kappa shape index (κ2) is 8.62. The summed E-state index contributed by atoms with van der Waals surface area (Å²) in [6.45, 7) is 4.68. The molecule has 0 unspecified atom stereocenters. The van der Waals surface area contributed by atoms with E-state index in [0.717, 1.165) is 16.6 Å². The number of halogens is 2. The minimum Gasteiger partial charge on any atom is -0.385 e. The van der Waals surface area contributed by atoms with Gasteiger partial charge in [-0.25, -0.2) is 4.39 Å². The molecule has 1 rings (SSSR count). The Morgan fingerprint density at radius 3 is 2.53 bits per heavy atom. The van der Waals surface area contributed by atoms with Crippen molar-refractivity contribution in [2.45, 2.75) is 13.8 Å². The first-order valence-corrected chi connectivity index (χ1v) is 5.51. The largest absolute Gasteiger partial charge is 0.385 e. The highest BCUT2D eigenvalue weighted by molar-refractivity contribution is 9.10. The van der Waals surface area contributed by atoms with Crippen LogP contribution in [0.5, 0.6) is 0 Å². The molecule has 84 valence electrons. The first-order valence-electron chi connectivity index (χ1n) is 4.72.